The molecule has 0 spiro atoms. The molecule has 4 atom stereocenters. The van der Waals surface area contributed by atoms with Crippen LogP contribution in [0, 0.1) is 11.8 Å². The zero-order valence-electron chi connectivity index (χ0n) is 23.5. The summed E-state index contributed by atoms with van der Waals surface area (Å²) in [6, 6.07) is 18.6. The van der Waals surface area contributed by atoms with Gasteiger partial charge in [-0.25, -0.2) is 9.78 Å². The molecule has 8 nitrogen and oxygen atoms in total. The van der Waals surface area contributed by atoms with Crippen LogP contribution < -0.4 is 14.8 Å². The van der Waals surface area contributed by atoms with Gasteiger partial charge in [-0.1, -0.05) is 60.5 Å². The van der Waals surface area contributed by atoms with Crippen molar-refractivity contribution in [2.45, 2.75) is 58.1 Å². The van der Waals surface area contributed by atoms with E-state index < -0.39 is 30.0 Å². The first kappa shape index (κ1) is 30.1. The van der Waals surface area contributed by atoms with Crippen molar-refractivity contribution in [2.75, 3.05) is 7.11 Å². The molecular weight excluding hydrogens is 544 g/mol. The van der Waals surface area contributed by atoms with Gasteiger partial charge in [0, 0.05) is 30.1 Å². The van der Waals surface area contributed by atoms with E-state index in [-0.39, 0.29) is 29.0 Å². The molecule has 2 aromatic carbocycles. The standard InChI is InChI=1S/C32H35ClN2O6/c1-20-26(19-22-8-5-4-6-9-22)24(18-23-12-14-25(33)15-13-23)10-7-11-27(32(38)40-20)35-31(37)29-30(41-21(2)36)28(39-3)16-17-34-29/h4-6,8-9,12-17,20,24,26-27H,7,10-11,18-19H2,1-3H3,(H,35,37)/t20-,24+,26-,27-/m0/s1. The van der Waals surface area contributed by atoms with Gasteiger partial charge in [-0.2, -0.15) is 0 Å². The van der Waals surface area contributed by atoms with E-state index in [1.807, 2.05) is 49.4 Å². The number of amides is 1. The molecule has 3 aromatic rings. The number of pyridine rings is 1. The molecule has 1 amide bonds. The van der Waals surface area contributed by atoms with E-state index in [9.17, 15) is 14.4 Å². The quantitative estimate of drug-likeness (QED) is 0.347. The molecule has 0 unspecified atom stereocenters. The van der Waals surface area contributed by atoms with Crippen LogP contribution in [-0.4, -0.2) is 42.1 Å². The average Bonchev–Trinajstić information content (AvgIpc) is 3.00. The second-order valence-corrected chi connectivity index (χ2v) is 10.8. The predicted octanol–water partition coefficient (Wildman–Crippen LogP) is 5.60. The maximum absolute atomic E-state index is 13.4. The minimum Gasteiger partial charge on any atom is -0.493 e. The van der Waals surface area contributed by atoms with Crippen LogP contribution in [0.1, 0.15) is 54.7 Å². The molecule has 0 aliphatic carbocycles. The lowest BCUT2D eigenvalue weighted by molar-refractivity contribution is -0.153. The average molecular weight is 579 g/mol. The number of halogens is 1. The second-order valence-electron chi connectivity index (χ2n) is 10.3. The summed E-state index contributed by atoms with van der Waals surface area (Å²) in [6.07, 6.45) is 4.46. The Morgan fingerprint density at radius 1 is 1.02 bits per heavy atom. The summed E-state index contributed by atoms with van der Waals surface area (Å²) < 4.78 is 16.5. The zero-order chi connectivity index (χ0) is 29.4. The molecule has 41 heavy (non-hydrogen) atoms. The van der Waals surface area contributed by atoms with Crippen LogP contribution in [0.2, 0.25) is 5.02 Å². The van der Waals surface area contributed by atoms with E-state index in [1.165, 1.54) is 37.4 Å². The Labute approximate surface area is 245 Å². The third-order valence-corrected chi connectivity index (χ3v) is 7.69. The maximum atomic E-state index is 13.4. The van der Waals surface area contributed by atoms with E-state index in [1.54, 1.807) is 0 Å². The SMILES string of the molecule is COc1ccnc(C(=O)N[C@H]2CCC[C@H](Cc3ccc(Cl)cc3)[C@@H](Cc3ccccc3)[C@H](C)OC2=O)c1OC(C)=O. The number of nitrogens with zero attached hydrogens (tertiary/aromatic N) is 1. The summed E-state index contributed by atoms with van der Waals surface area (Å²) in [6.45, 7) is 3.14. The van der Waals surface area contributed by atoms with Gasteiger partial charge in [0.25, 0.3) is 5.91 Å². The molecule has 1 N–H and O–H groups in total. The number of carbonyl (C=O) groups excluding carboxylic acids is 3. The van der Waals surface area contributed by atoms with Gasteiger partial charge in [-0.3, -0.25) is 9.59 Å². The highest BCUT2D eigenvalue weighted by Crippen LogP contribution is 2.33. The minimum atomic E-state index is -0.894. The summed E-state index contributed by atoms with van der Waals surface area (Å²) in [5, 5.41) is 3.45. The number of ether oxygens (including phenoxy) is 3. The molecule has 9 heteroatoms. The first-order chi connectivity index (χ1) is 19.7. The Hall–Kier alpha value is -3.91. The van der Waals surface area contributed by atoms with Crippen molar-refractivity contribution in [1.82, 2.24) is 10.3 Å². The highest BCUT2D eigenvalue weighted by Gasteiger charge is 2.35. The van der Waals surface area contributed by atoms with Crippen LogP contribution in [0.4, 0.5) is 0 Å². The van der Waals surface area contributed by atoms with Crippen LogP contribution >= 0.6 is 11.6 Å². The lowest BCUT2D eigenvalue weighted by Gasteiger charge is -2.31. The molecule has 2 heterocycles. The number of methoxy groups -OCH3 is 1. The van der Waals surface area contributed by atoms with Gasteiger partial charge >= 0.3 is 11.9 Å². The highest BCUT2D eigenvalue weighted by atomic mass is 35.5. The van der Waals surface area contributed by atoms with Crippen molar-refractivity contribution < 1.29 is 28.6 Å². The van der Waals surface area contributed by atoms with Gasteiger partial charge in [0.2, 0.25) is 5.75 Å². The summed E-state index contributed by atoms with van der Waals surface area (Å²) in [5.74, 6) is -1.43. The minimum absolute atomic E-state index is 0.0575. The Morgan fingerprint density at radius 3 is 2.41 bits per heavy atom. The topological polar surface area (TPSA) is 104 Å². The van der Waals surface area contributed by atoms with Gasteiger partial charge < -0.3 is 19.5 Å². The van der Waals surface area contributed by atoms with Crippen molar-refractivity contribution in [3.8, 4) is 11.5 Å². The number of carbonyl (C=O) groups is 3. The Bertz CT molecular complexity index is 1350. The van der Waals surface area contributed by atoms with Crippen molar-refractivity contribution in [2.24, 2.45) is 11.8 Å². The fraction of sp³-hybridized carbons (Fsp3) is 0.375. The molecular formula is C32H35ClN2O6. The Balaban J connectivity index is 1.57. The van der Waals surface area contributed by atoms with Crippen LogP contribution in [0.15, 0.2) is 66.9 Å². The first-order valence-electron chi connectivity index (χ1n) is 13.8. The normalized spacial score (nSPS) is 21.0. The molecule has 1 aliphatic rings. The van der Waals surface area contributed by atoms with Crippen LogP contribution in [-0.2, 0) is 27.2 Å². The second kappa shape index (κ2) is 14.1. The lowest BCUT2D eigenvalue weighted by Crippen LogP contribution is -2.43. The first-order valence-corrected chi connectivity index (χ1v) is 14.1. The van der Waals surface area contributed by atoms with E-state index in [0.717, 1.165) is 19.3 Å². The summed E-state index contributed by atoms with van der Waals surface area (Å²) in [5.41, 5.74) is 2.19. The number of cyclic esters (lactones) is 1. The Morgan fingerprint density at radius 2 is 1.73 bits per heavy atom. The van der Waals surface area contributed by atoms with Gasteiger partial charge in [-0.15, -0.1) is 0 Å². The van der Waals surface area contributed by atoms with Gasteiger partial charge in [-0.05, 0) is 61.8 Å². The maximum Gasteiger partial charge on any atom is 0.328 e. The van der Waals surface area contributed by atoms with Crippen LogP contribution in [0.5, 0.6) is 11.5 Å². The molecule has 1 aliphatic heterocycles. The largest absolute Gasteiger partial charge is 0.493 e. The zero-order valence-corrected chi connectivity index (χ0v) is 24.2. The number of aromatic nitrogens is 1. The fourth-order valence-electron chi connectivity index (χ4n) is 5.40. The smallest absolute Gasteiger partial charge is 0.328 e. The number of benzene rings is 2. The number of nitrogens with one attached hydrogen (secondary N) is 1. The van der Waals surface area contributed by atoms with E-state index >= 15 is 0 Å². The molecule has 1 fully saturated rings. The van der Waals surface area contributed by atoms with E-state index in [0.29, 0.717) is 17.9 Å². The molecule has 216 valence electrons. The van der Waals surface area contributed by atoms with Crippen molar-refractivity contribution in [3.05, 3.63) is 88.7 Å². The fourth-order valence-corrected chi connectivity index (χ4v) is 5.53. The van der Waals surface area contributed by atoms with Crippen molar-refractivity contribution in [3.63, 3.8) is 0 Å². The van der Waals surface area contributed by atoms with Crippen LogP contribution in [0.3, 0.4) is 0 Å². The van der Waals surface area contributed by atoms with E-state index in [2.05, 4.69) is 22.4 Å². The highest BCUT2D eigenvalue weighted by molar-refractivity contribution is 6.30. The summed E-state index contributed by atoms with van der Waals surface area (Å²) in [7, 11) is 1.40. The van der Waals surface area contributed by atoms with Gasteiger partial charge in [0.15, 0.2) is 11.4 Å². The summed E-state index contributed by atoms with van der Waals surface area (Å²) in [4.78, 5) is 42.5. The molecule has 4 rings (SSSR count). The number of hydrogen-bond donors (Lipinski definition) is 1. The molecule has 0 bridgehead atoms. The lowest BCUT2D eigenvalue weighted by atomic mass is 9.77. The van der Waals surface area contributed by atoms with Gasteiger partial charge in [0.05, 0.1) is 7.11 Å². The third-order valence-electron chi connectivity index (χ3n) is 7.44. The molecule has 0 radical (unpaired) electrons. The molecule has 1 saturated heterocycles. The number of rotatable bonds is 8. The predicted molar refractivity (Wildman–Crippen MR) is 155 cm³/mol. The number of hydrogen-bond acceptors (Lipinski definition) is 7. The molecule has 1 aromatic heterocycles. The van der Waals surface area contributed by atoms with Crippen LogP contribution in [0.25, 0.3) is 0 Å². The molecule has 0 saturated carbocycles. The third kappa shape index (κ3) is 8.07. The monoisotopic (exact) mass is 578 g/mol. The van der Waals surface area contributed by atoms with Gasteiger partial charge in [0.1, 0.15) is 12.1 Å². The number of esters is 2. The van der Waals surface area contributed by atoms with E-state index in [4.69, 9.17) is 25.8 Å². The Kier molecular flexibility index (Phi) is 10.4. The van der Waals surface area contributed by atoms with Crippen molar-refractivity contribution >= 4 is 29.4 Å². The summed E-state index contributed by atoms with van der Waals surface area (Å²) >= 11 is 6.12. The van der Waals surface area contributed by atoms with Crippen molar-refractivity contribution in [1.29, 1.82) is 0 Å².